The van der Waals surface area contributed by atoms with Gasteiger partial charge < -0.3 is 5.73 Å². The fraction of sp³-hybridized carbons (Fsp3) is 0.500. The summed E-state index contributed by atoms with van der Waals surface area (Å²) in [4.78, 5) is 0. The Hall–Kier alpha value is -0.180. The standard InChI is InChI=1S/C12H18ClNS/c1-3-7-15-12(9(2)14)10-5-4-6-11(13)8-10/h4-6,8-9,12H,3,7,14H2,1-2H3. The fourth-order valence-electron chi connectivity index (χ4n) is 1.48. The van der Waals surface area contributed by atoms with Gasteiger partial charge in [-0.2, -0.15) is 11.8 Å². The summed E-state index contributed by atoms with van der Waals surface area (Å²) in [5, 5.41) is 1.14. The molecule has 3 heteroatoms. The van der Waals surface area contributed by atoms with Crippen LogP contribution in [0.25, 0.3) is 0 Å². The molecule has 0 fully saturated rings. The first kappa shape index (κ1) is 12.9. The molecule has 0 saturated heterocycles. The molecular weight excluding hydrogens is 226 g/mol. The molecule has 1 rings (SSSR count). The van der Waals surface area contributed by atoms with Crippen molar-refractivity contribution in [3.8, 4) is 0 Å². The van der Waals surface area contributed by atoms with E-state index in [1.165, 1.54) is 12.0 Å². The lowest BCUT2D eigenvalue weighted by Crippen LogP contribution is -2.22. The number of thioether (sulfide) groups is 1. The molecule has 0 saturated carbocycles. The molecule has 0 aliphatic heterocycles. The third-order valence-corrected chi connectivity index (χ3v) is 4.10. The summed E-state index contributed by atoms with van der Waals surface area (Å²) in [5.41, 5.74) is 7.23. The summed E-state index contributed by atoms with van der Waals surface area (Å²) in [7, 11) is 0. The molecule has 2 N–H and O–H groups in total. The van der Waals surface area contributed by atoms with E-state index < -0.39 is 0 Å². The topological polar surface area (TPSA) is 26.0 Å². The van der Waals surface area contributed by atoms with Crippen LogP contribution < -0.4 is 5.73 Å². The first-order chi connectivity index (χ1) is 7.15. The van der Waals surface area contributed by atoms with Gasteiger partial charge in [0.05, 0.1) is 0 Å². The Morgan fingerprint density at radius 3 is 2.73 bits per heavy atom. The Bertz CT molecular complexity index is 301. The van der Waals surface area contributed by atoms with Crippen molar-refractivity contribution in [2.75, 3.05) is 5.75 Å². The van der Waals surface area contributed by atoms with Gasteiger partial charge in [0.1, 0.15) is 0 Å². The minimum Gasteiger partial charge on any atom is -0.327 e. The van der Waals surface area contributed by atoms with Crippen LogP contribution in [-0.4, -0.2) is 11.8 Å². The zero-order valence-corrected chi connectivity index (χ0v) is 10.8. The van der Waals surface area contributed by atoms with Crippen LogP contribution in [0, 0.1) is 0 Å². The van der Waals surface area contributed by atoms with Crippen LogP contribution in [0.15, 0.2) is 24.3 Å². The van der Waals surface area contributed by atoms with Crippen LogP contribution in [-0.2, 0) is 0 Å². The van der Waals surface area contributed by atoms with Crippen molar-refractivity contribution in [3.05, 3.63) is 34.9 Å². The van der Waals surface area contributed by atoms with Crippen molar-refractivity contribution in [1.82, 2.24) is 0 Å². The van der Waals surface area contributed by atoms with Gasteiger partial charge in [-0.25, -0.2) is 0 Å². The molecule has 2 unspecified atom stereocenters. The third kappa shape index (κ3) is 4.06. The SMILES string of the molecule is CCCSC(c1cccc(Cl)c1)C(C)N. The second-order valence-electron chi connectivity index (χ2n) is 3.71. The average molecular weight is 244 g/mol. The number of hydrogen-bond donors (Lipinski definition) is 1. The molecule has 0 radical (unpaired) electrons. The minimum atomic E-state index is 0.153. The number of rotatable bonds is 5. The van der Waals surface area contributed by atoms with Crippen molar-refractivity contribution in [2.45, 2.75) is 31.6 Å². The van der Waals surface area contributed by atoms with E-state index in [0.717, 1.165) is 10.8 Å². The molecule has 0 aromatic heterocycles. The van der Waals surface area contributed by atoms with E-state index in [4.69, 9.17) is 17.3 Å². The molecule has 0 amide bonds. The smallest absolute Gasteiger partial charge is 0.0446 e. The lowest BCUT2D eigenvalue weighted by molar-refractivity contribution is 0.721. The normalized spacial score (nSPS) is 14.9. The highest BCUT2D eigenvalue weighted by Crippen LogP contribution is 2.32. The molecule has 2 atom stereocenters. The number of nitrogens with two attached hydrogens (primary N) is 1. The van der Waals surface area contributed by atoms with Crippen LogP contribution in [0.4, 0.5) is 0 Å². The summed E-state index contributed by atoms with van der Waals surface area (Å²) >= 11 is 7.89. The lowest BCUT2D eigenvalue weighted by Gasteiger charge is -2.20. The van der Waals surface area contributed by atoms with E-state index in [1.807, 2.05) is 36.9 Å². The lowest BCUT2D eigenvalue weighted by atomic mass is 10.1. The van der Waals surface area contributed by atoms with Crippen molar-refractivity contribution >= 4 is 23.4 Å². The van der Waals surface area contributed by atoms with Crippen LogP contribution in [0.5, 0.6) is 0 Å². The largest absolute Gasteiger partial charge is 0.327 e. The number of halogens is 1. The van der Waals surface area contributed by atoms with Crippen LogP contribution in [0.3, 0.4) is 0 Å². The molecule has 15 heavy (non-hydrogen) atoms. The average Bonchev–Trinajstić information content (AvgIpc) is 2.18. The highest BCUT2D eigenvalue weighted by atomic mass is 35.5. The van der Waals surface area contributed by atoms with Gasteiger partial charge in [-0.15, -0.1) is 0 Å². The number of benzene rings is 1. The zero-order chi connectivity index (χ0) is 11.3. The summed E-state index contributed by atoms with van der Waals surface area (Å²) in [6, 6.07) is 8.15. The predicted octanol–water partition coefficient (Wildman–Crippen LogP) is 3.87. The summed E-state index contributed by atoms with van der Waals surface area (Å²) in [6.45, 7) is 4.23. The minimum absolute atomic E-state index is 0.153. The van der Waals surface area contributed by atoms with Gasteiger partial charge in [0.2, 0.25) is 0 Å². The third-order valence-electron chi connectivity index (χ3n) is 2.16. The maximum absolute atomic E-state index is 6.00. The van der Waals surface area contributed by atoms with Crippen molar-refractivity contribution in [1.29, 1.82) is 0 Å². The monoisotopic (exact) mass is 243 g/mol. The summed E-state index contributed by atoms with van der Waals surface area (Å²) < 4.78 is 0. The van der Waals surface area contributed by atoms with E-state index >= 15 is 0 Å². The fourth-order valence-corrected chi connectivity index (χ4v) is 2.81. The Kier molecular flexibility index (Phi) is 5.51. The molecule has 0 heterocycles. The van der Waals surface area contributed by atoms with E-state index in [-0.39, 0.29) is 6.04 Å². The Labute approximate surface area is 101 Å². The van der Waals surface area contributed by atoms with E-state index in [9.17, 15) is 0 Å². The predicted molar refractivity (Wildman–Crippen MR) is 70.6 cm³/mol. The molecule has 0 aliphatic rings. The molecule has 1 nitrogen and oxygen atoms in total. The van der Waals surface area contributed by atoms with E-state index in [1.54, 1.807) is 0 Å². The van der Waals surface area contributed by atoms with E-state index in [2.05, 4.69) is 13.0 Å². The van der Waals surface area contributed by atoms with Gasteiger partial charge in [-0.3, -0.25) is 0 Å². The first-order valence-electron chi connectivity index (χ1n) is 5.27. The Morgan fingerprint density at radius 1 is 1.47 bits per heavy atom. The van der Waals surface area contributed by atoms with Gasteiger partial charge in [0, 0.05) is 16.3 Å². The van der Waals surface area contributed by atoms with Gasteiger partial charge >= 0.3 is 0 Å². The Balaban J connectivity index is 2.79. The zero-order valence-electron chi connectivity index (χ0n) is 9.24. The Morgan fingerprint density at radius 2 is 2.20 bits per heavy atom. The van der Waals surface area contributed by atoms with Gasteiger partial charge in [-0.05, 0) is 36.8 Å². The van der Waals surface area contributed by atoms with Crippen LogP contribution in [0.1, 0.15) is 31.1 Å². The van der Waals surface area contributed by atoms with Gasteiger partial charge in [0.15, 0.2) is 0 Å². The number of hydrogen-bond acceptors (Lipinski definition) is 2. The molecule has 0 spiro atoms. The second-order valence-corrected chi connectivity index (χ2v) is 5.39. The van der Waals surface area contributed by atoms with Crippen molar-refractivity contribution < 1.29 is 0 Å². The van der Waals surface area contributed by atoms with Crippen LogP contribution >= 0.6 is 23.4 Å². The first-order valence-corrected chi connectivity index (χ1v) is 6.70. The van der Waals surface area contributed by atoms with Crippen molar-refractivity contribution in [3.63, 3.8) is 0 Å². The molecular formula is C12H18ClNS. The molecule has 0 aliphatic carbocycles. The van der Waals surface area contributed by atoms with E-state index in [0.29, 0.717) is 5.25 Å². The van der Waals surface area contributed by atoms with Crippen LogP contribution in [0.2, 0.25) is 5.02 Å². The molecule has 1 aromatic carbocycles. The van der Waals surface area contributed by atoms with Crippen molar-refractivity contribution in [2.24, 2.45) is 5.73 Å². The second kappa shape index (κ2) is 6.41. The highest BCUT2D eigenvalue weighted by molar-refractivity contribution is 7.99. The maximum atomic E-state index is 6.00. The van der Waals surface area contributed by atoms with Gasteiger partial charge in [-0.1, -0.05) is 30.7 Å². The highest BCUT2D eigenvalue weighted by Gasteiger charge is 2.16. The quantitative estimate of drug-likeness (QED) is 0.850. The molecule has 84 valence electrons. The molecule has 0 bridgehead atoms. The summed E-state index contributed by atoms with van der Waals surface area (Å²) in [5.74, 6) is 1.14. The maximum Gasteiger partial charge on any atom is 0.0446 e. The molecule has 1 aromatic rings. The summed E-state index contributed by atoms with van der Waals surface area (Å²) in [6.07, 6.45) is 1.18. The van der Waals surface area contributed by atoms with Gasteiger partial charge in [0.25, 0.3) is 0 Å².